The first-order valence-corrected chi connectivity index (χ1v) is 13.2. The molecule has 1 aromatic carbocycles. The third kappa shape index (κ3) is 5.00. The van der Waals surface area contributed by atoms with Crippen LogP contribution in [0.4, 0.5) is 5.82 Å². The molecule has 172 valence electrons. The molecular weight excluding hydrogens is 450 g/mol. The Morgan fingerprint density at radius 3 is 2.75 bits per heavy atom. The van der Waals surface area contributed by atoms with Crippen LogP contribution in [0.2, 0.25) is 0 Å². The van der Waals surface area contributed by atoms with E-state index in [4.69, 9.17) is 4.52 Å². The van der Waals surface area contributed by atoms with E-state index in [1.54, 1.807) is 22.5 Å². The number of thioether (sulfide) groups is 1. The molecule has 0 radical (unpaired) electrons. The molecule has 9 nitrogen and oxygen atoms in total. The molecule has 0 aliphatic carbocycles. The molecule has 0 unspecified atom stereocenters. The van der Waals surface area contributed by atoms with Gasteiger partial charge >= 0.3 is 0 Å². The smallest absolute Gasteiger partial charge is 0.243 e. The molecule has 4 rings (SSSR count). The van der Waals surface area contributed by atoms with Gasteiger partial charge in [0.25, 0.3) is 0 Å². The lowest BCUT2D eigenvalue weighted by molar-refractivity contribution is -0.113. The molecule has 0 spiro atoms. The van der Waals surface area contributed by atoms with Crippen molar-refractivity contribution >= 4 is 44.5 Å². The van der Waals surface area contributed by atoms with Crippen LogP contribution in [0.3, 0.4) is 0 Å². The highest BCUT2D eigenvalue weighted by atomic mass is 32.2. The standard InChI is InChI=1S/C21H27N5O4S2/c1-2-3-12-26-18-8-7-16(32(28,29)25-10-5-4-6-11-25)14-17(18)22-21(26)31-15-20(27)23-19-9-13-30-24-19/h7-9,13-14H,2-6,10-12,15H2,1H3,(H,23,24,27). The maximum atomic E-state index is 13.1. The second-order valence-electron chi connectivity index (χ2n) is 7.74. The van der Waals surface area contributed by atoms with Gasteiger partial charge in [-0.3, -0.25) is 4.79 Å². The summed E-state index contributed by atoms with van der Waals surface area (Å²) in [6.45, 7) is 3.99. The van der Waals surface area contributed by atoms with Gasteiger partial charge in [-0.25, -0.2) is 13.4 Å². The van der Waals surface area contributed by atoms with Crippen molar-refractivity contribution in [2.45, 2.75) is 55.6 Å². The molecule has 1 aliphatic heterocycles. The minimum atomic E-state index is -3.53. The number of anilines is 1. The Kier molecular flexibility index (Phi) is 7.17. The molecule has 1 saturated heterocycles. The van der Waals surface area contributed by atoms with Gasteiger partial charge in [0.2, 0.25) is 15.9 Å². The number of rotatable bonds is 9. The van der Waals surface area contributed by atoms with Crippen molar-refractivity contribution in [3.63, 3.8) is 0 Å². The quantitative estimate of drug-likeness (QED) is 0.468. The van der Waals surface area contributed by atoms with E-state index >= 15 is 0 Å². The molecule has 1 N–H and O–H groups in total. The molecule has 32 heavy (non-hydrogen) atoms. The van der Waals surface area contributed by atoms with Gasteiger partial charge < -0.3 is 14.4 Å². The Morgan fingerprint density at radius 1 is 1.22 bits per heavy atom. The van der Waals surface area contributed by atoms with Crippen molar-refractivity contribution in [2.24, 2.45) is 0 Å². The number of aryl methyl sites for hydroxylation is 1. The van der Waals surface area contributed by atoms with Crippen molar-refractivity contribution < 1.29 is 17.7 Å². The minimum Gasteiger partial charge on any atom is -0.363 e. The fraction of sp³-hybridized carbons (Fsp3) is 0.476. The van der Waals surface area contributed by atoms with Crippen molar-refractivity contribution in [3.8, 4) is 0 Å². The van der Waals surface area contributed by atoms with Crippen LogP contribution in [0.25, 0.3) is 11.0 Å². The molecule has 1 aliphatic rings. The number of nitrogens with zero attached hydrogens (tertiary/aromatic N) is 4. The minimum absolute atomic E-state index is 0.154. The normalized spacial score (nSPS) is 15.3. The van der Waals surface area contributed by atoms with E-state index in [2.05, 4.69) is 26.9 Å². The fourth-order valence-electron chi connectivity index (χ4n) is 3.73. The number of hydrogen-bond acceptors (Lipinski definition) is 7. The van der Waals surface area contributed by atoms with Crippen LogP contribution in [0.5, 0.6) is 0 Å². The van der Waals surface area contributed by atoms with Gasteiger partial charge in [0.1, 0.15) is 6.26 Å². The number of aromatic nitrogens is 3. The zero-order valence-corrected chi connectivity index (χ0v) is 19.6. The topological polar surface area (TPSA) is 110 Å². The van der Waals surface area contributed by atoms with Gasteiger partial charge in [-0.1, -0.05) is 36.7 Å². The Labute approximate surface area is 191 Å². The first-order valence-electron chi connectivity index (χ1n) is 10.8. The average Bonchev–Trinajstić information content (AvgIpc) is 3.43. The number of sulfonamides is 1. The summed E-state index contributed by atoms with van der Waals surface area (Å²) in [7, 11) is -3.53. The maximum Gasteiger partial charge on any atom is 0.243 e. The first kappa shape index (κ1) is 22.8. The molecule has 0 atom stereocenters. The lowest BCUT2D eigenvalue weighted by Crippen LogP contribution is -2.35. The SMILES string of the molecule is CCCCn1c(SCC(=O)Nc2ccon2)nc2cc(S(=O)(=O)N3CCCCC3)ccc21. The summed E-state index contributed by atoms with van der Waals surface area (Å²) in [6, 6.07) is 6.72. The Balaban J connectivity index is 1.58. The van der Waals surface area contributed by atoms with Gasteiger partial charge in [0, 0.05) is 25.7 Å². The van der Waals surface area contributed by atoms with E-state index in [1.165, 1.54) is 18.0 Å². The van der Waals surface area contributed by atoms with E-state index in [-0.39, 0.29) is 16.6 Å². The number of carbonyl (C=O) groups excluding carboxylic acids is 1. The Hall–Kier alpha value is -2.37. The summed E-state index contributed by atoms with van der Waals surface area (Å²) in [4.78, 5) is 17.2. The molecule has 1 fully saturated rings. The van der Waals surface area contributed by atoms with Crippen molar-refractivity contribution in [3.05, 3.63) is 30.5 Å². The van der Waals surface area contributed by atoms with Crippen LogP contribution in [-0.2, 0) is 21.4 Å². The van der Waals surface area contributed by atoms with E-state index in [9.17, 15) is 13.2 Å². The van der Waals surface area contributed by atoms with Crippen molar-refractivity contribution in [1.29, 1.82) is 0 Å². The highest BCUT2D eigenvalue weighted by molar-refractivity contribution is 7.99. The van der Waals surface area contributed by atoms with Crippen LogP contribution >= 0.6 is 11.8 Å². The lowest BCUT2D eigenvalue weighted by atomic mass is 10.2. The van der Waals surface area contributed by atoms with Gasteiger partial charge in [-0.15, -0.1) is 0 Å². The zero-order chi connectivity index (χ0) is 22.6. The van der Waals surface area contributed by atoms with Crippen LogP contribution < -0.4 is 5.32 Å². The predicted molar refractivity (Wildman–Crippen MR) is 123 cm³/mol. The number of piperidine rings is 1. The van der Waals surface area contributed by atoms with Crippen molar-refractivity contribution in [1.82, 2.24) is 19.0 Å². The second-order valence-corrected chi connectivity index (χ2v) is 10.6. The Morgan fingerprint density at radius 2 is 2.03 bits per heavy atom. The number of unbranched alkanes of at least 4 members (excludes halogenated alkanes) is 1. The van der Waals surface area contributed by atoms with Gasteiger partial charge in [0.15, 0.2) is 11.0 Å². The molecule has 3 aromatic rings. The van der Waals surface area contributed by atoms with E-state index in [0.29, 0.717) is 29.6 Å². The summed E-state index contributed by atoms with van der Waals surface area (Å²) in [6.07, 6.45) is 6.21. The number of benzene rings is 1. The molecule has 3 heterocycles. The highest BCUT2D eigenvalue weighted by Crippen LogP contribution is 2.28. The zero-order valence-electron chi connectivity index (χ0n) is 18.0. The predicted octanol–water partition coefficient (Wildman–Crippen LogP) is 3.73. The van der Waals surface area contributed by atoms with E-state index in [1.807, 2.05) is 6.07 Å². The largest absolute Gasteiger partial charge is 0.363 e. The summed E-state index contributed by atoms with van der Waals surface area (Å²) >= 11 is 1.32. The lowest BCUT2D eigenvalue weighted by Gasteiger charge is -2.25. The fourth-order valence-corrected chi connectivity index (χ4v) is 6.11. The molecule has 0 bridgehead atoms. The van der Waals surface area contributed by atoms with E-state index in [0.717, 1.165) is 44.2 Å². The third-order valence-corrected chi connectivity index (χ3v) is 8.28. The number of hydrogen-bond donors (Lipinski definition) is 1. The van der Waals surface area contributed by atoms with Gasteiger partial charge in [0.05, 0.1) is 21.7 Å². The number of nitrogens with one attached hydrogen (secondary N) is 1. The van der Waals surface area contributed by atoms with E-state index < -0.39 is 10.0 Å². The van der Waals surface area contributed by atoms with Crippen LogP contribution in [-0.4, -0.2) is 52.2 Å². The van der Waals surface area contributed by atoms with Crippen LogP contribution in [0.15, 0.2) is 45.1 Å². The Bertz CT molecular complexity index is 1170. The molecule has 11 heteroatoms. The first-order chi connectivity index (χ1) is 15.5. The molecule has 2 aromatic heterocycles. The molecule has 1 amide bonds. The third-order valence-electron chi connectivity index (χ3n) is 5.41. The van der Waals surface area contributed by atoms with Crippen molar-refractivity contribution in [2.75, 3.05) is 24.2 Å². The summed E-state index contributed by atoms with van der Waals surface area (Å²) in [5, 5.41) is 7.04. The summed E-state index contributed by atoms with van der Waals surface area (Å²) < 4.78 is 34.5. The van der Waals surface area contributed by atoms with Gasteiger partial charge in [-0.2, -0.15) is 4.31 Å². The molecule has 0 saturated carbocycles. The number of carbonyl (C=O) groups is 1. The monoisotopic (exact) mass is 477 g/mol. The second kappa shape index (κ2) is 10.1. The summed E-state index contributed by atoms with van der Waals surface area (Å²) in [5.41, 5.74) is 1.49. The highest BCUT2D eigenvalue weighted by Gasteiger charge is 2.27. The van der Waals surface area contributed by atoms with Gasteiger partial charge in [-0.05, 0) is 37.5 Å². The van der Waals surface area contributed by atoms with Crippen LogP contribution in [0, 0.1) is 0 Å². The number of amides is 1. The number of imidazole rings is 1. The molecular formula is C21H27N5O4S2. The number of fused-ring (bicyclic) bond motifs is 1. The van der Waals surface area contributed by atoms with Crippen LogP contribution in [0.1, 0.15) is 39.0 Å². The maximum absolute atomic E-state index is 13.1. The summed E-state index contributed by atoms with van der Waals surface area (Å²) in [5.74, 6) is 0.301. The average molecular weight is 478 g/mol.